The molecule has 24 heavy (non-hydrogen) atoms. The van der Waals surface area contributed by atoms with E-state index in [0.717, 1.165) is 0 Å². The van der Waals surface area contributed by atoms with Crippen LogP contribution in [0.2, 0.25) is 0 Å². The Morgan fingerprint density at radius 2 is 1.62 bits per heavy atom. The average molecular weight is 324 g/mol. The number of amides is 2. The number of benzene rings is 2. The second kappa shape index (κ2) is 6.66. The summed E-state index contributed by atoms with van der Waals surface area (Å²) in [5.41, 5.74) is 1.74. The number of anilines is 1. The topological polar surface area (TPSA) is 49.4 Å². The maximum atomic E-state index is 13.2. The highest BCUT2D eigenvalue weighted by atomic mass is 19.1. The number of hydrogen-bond donors (Lipinski definition) is 1. The molecule has 2 amide bonds. The molecular weight excluding hydrogens is 307 g/mol. The smallest absolute Gasteiger partial charge is 0.278 e. The van der Waals surface area contributed by atoms with Crippen molar-refractivity contribution in [2.75, 3.05) is 11.9 Å². The van der Waals surface area contributed by atoms with E-state index in [4.69, 9.17) is 0 Å². The molecule has 1 N–H and O–H groups in total. The van der Waals surface area contributed by atoms with Crippen LogP contribution in [-0.2, 0) is 9.59 Å². The predicted octanol–water partition coefficient (Wildman–Crippen LogP) is 3.43. The average Bonchev–Trinajstić information content (AvgIpc) is 2.82. The van der Waals surface area contributed by atoms with Gasteiger partial charge in [-0.25, -0.2) is 4.39 Å². The Hall–Kier alpha value is -2.95. The standard InChI is InChI=1S/C19H17FN2O2/c1-2-12-22-18(23)16(13-8-10-14(20)11-9-13)17(19(22)24)21-15-6-4-3-5-7-15/h3-11,21H,2,12H2,1H3. The third kappa shape index (κ3) is 2.93. The lowest BCUT2D eigenvalue weighted by molar-refractivity contribution is -0.136. The highest BCUT2D eigenvalue weighted by molar-refractivity contribution is 6.36. The van der Waals surface area contributed by atoms with Crippen molar-refractivity contribution in [1.82, 2.24) is 4.90 Å². The van der Waals surface area contributed by atoms with Crippen LogP contribution in [0.4, 0.5) is 10.1 Å². The van der Waals surface area contributed by atoms with Crippen LogP contribution in [-0.4, -0.2) is 23.3 Å². The monoisotopic (exact) mass is 324 g/mol. The Bertz CT molecular complexity index is 798. The van der Waals surface area contributed by atoms with Gasteiger partial charge in [0.25, 0.3) is 11.8 Å². The summed E-state index contributed by atoms with van der Waals surface area (Å²) >= 11 is 0. The quantitative estimate of drug-likeness (QED) is 0.857. The van der Waals surface area contributed by atoms with Gasteiger partial charge in [0, 0.05) is 12.2 Å². The molecule has 1 heterocycles. The molecule has 2 aromatic carbocycles. The van der Waals surface area contributed by atoms with Gasteiger partial charge in [0.15, 0.2) is 0 Å². The van der Waals surface area contributed by atoms with Crippen LogP contribution < -0.4 is 5.32 Å². The van der Waals surface area contributed by atoms with Crippen molar-refractivity contribution in [3.63, 3.8) is 0 Å². The first-order chi connectivity index (χ1) is 11.6. The minimum absolute atomic E-state index is 0.228. The molecule has 1 aliphatic heterocycles. The van der Waals surface area contributed by atoms with Crippen molar-refractivity contribution in [3.05, 3.63) is 71.7 Å². The van der Waals surface area contributed by atoms with Crippen LogP contribution >= 0.6 is 0 Å². The first-order valence-corrected chi connectivity index (χ1v) is 7.80. The van der Waals surface area contributed by atoms with E-state index in [1.165, 1.54) is 29.2 Å². The summed E-state index contributed by atoms with van der Waals surface area (Å²) in [5, 5.41) is 3.05. The Labute approximate surface area is 139 Å². The molecule has 3 rings (SSSR count). The van der Waals surface area contributed by atoms with E-state index in [1.807, 2.05) is 37.3 Å². The summed E-state index contributed by atoms with van der Waals surface area (Å²) in [6.45, 7) is 2.25. The Balaban J connectivity index is 2.06. The molecule has 0 fully saturated rings. The highest BCUT2D eigenvalue weighted by Crippen LogP contribution is 2.30. The normalized spacial score (nSPS) is 14.5. The lowest BCUT2D eigenvalue weighted by atomic mass is 10.0. The van der Waals surface area contributed by atoms with E-state index >= 15 is 0 Å². The van der Waals surface area contributed by atoms with Crippen molar-refractivity contribution in [3.8, 4) is 0 Å². The molecule has 0 atom stereocenters. The molecular formula is C19H17FN2O2. The van der Waals surface area contributed by atoms with E-state index in [9.17, 15) is 14.0 Å². The van der Waals surface area contributed by atoms with Crippen LogP contribution in [0.25, 0.3) is 5.57 Å². The van der Waals surface area contributed by atoms with Crippen LogP contribution in [0.5, 0.6) is 0 Å². The van der Waals surface area contributed by atoms with Gasteiger partial charge in [-0.2, -0.15) is 0 Å². The zero-order chi connectivity index (χ0) is 17.1. The number of para-hydroxylation sites is 1. The van der Waals surface area contributed by atoms with E-state index in [2.05, 4.69) is 5.32 Å². The number of halogens is 1. The molecule has 0 saturated carbocycles. The number of imide groups is 1. The summed E-state index contributed by atoms with van der Waals surface area (Å²) < 4.78 is 13.2. The summed E-state index contributed by atoms with van der Waals surface area (Å²) in [6.07, 6.45) is 0.673. The van der Waals surface area contributed by atoms with Crippen molar-refractivity contribution < 1.29 is 14.0 Å². The second-order valence-corrected chi connectivity index (χ2v) is 5.51. The van der Waals surface area contributed by atoms with E-state index in [0.29, 0.717) is 24.2 Å². The van der Waals surface area contributed by atoms with Crippen LogP contribution in [0, 0.1) is 5.82 Å². The van der Waals surface area contributed by atoms with Gasteiger partial charge >= 0.3 is 0 Å². The Morgan fingerprint density at radius 1 is 0.958 bits per heavy atom. The van der Waals surface area contributed by atoms with Crippen molar-refractivity contribution >= 4 is 23.1 Å². The predicted molar refractivity (Wildman–Crippen MR) is 90.4 cm³/mol. The Morgan fingerprint density at radius 3 is 2.25 bits per heavy atom. The van der Waals surface area contributed by atoms with Crippen LogP contribution in [0.15, 0.2) is 60.3 Å². The van der Waals surface area contributed by atoms with Gasteiger partial charge < -0.3 is 5.32 Å². The summed E-state index contributed by atoms with van der Waals surface area (Å²) in [7, 11) is 0. The molecule has 1 aliphatic rings. The van der Waals surface area contributed by atoms with Gasteiger partial charge in [0.1, 0.15) is 11.5 Å². The largest absolute Gasteiger partial charge is 0.350 e. The number of nitrogens with zero attached hydrogens (tertiary/aromatic N) is 1. The molecule has 0 unspecified atom stereocenters. The van der Waals surface area contributed by atoms with Gasteiger partial charge in [-0.3, -0.25) is 14.5 Å². The molecule has 122 valence electrons. The summed E-state index contributed by atoms with van der Waals surface area (Å²) in [5.74, 6) is -1.10. The van der Waals surface area contributed by atoms with Crippen molar-refractivity contribution in [2.45, 2.75) is 13.3 Å². The molecule has 0 aromatic heterocycles. The first-order valence-electron chi connectivity index (χ1n) is 7.80. The van der Waals surface area contributed by atoms with Gasteiger partial charge in [-0.05, 0) is 36.2 Å². The summed E-state index contributed by atoms with van der Waals surface area (Å²) in [6, 6.07) is 14.8. The molecule has 0 radical (unpaired) electrons. The molecule has 2 aromatic rings. The van der Waals surface area contributed by atoms with Crippen molar-refractivity contribution in [1.29, 1.82) is 0 Å². The minimum Gasteiger partial charge on any atom is -0.350 e. The summed E-state index contributed by atoms with van der Waals surface area (Å²) in [4.78, 5) is 26.6. The van der Waals surface area contributed by atoms with Gasteiger partial charge in [0.2, 0.25) is 0 Å². The number of carbonyl (C=O) groups excluding carboxylic acids is 2. The fourth-order valence-corrected chi connectivity index (χ4v) is 2.67. The zero-order valence-electron chi connectivity index (χ0n) is 13.3. The van der Waals surface area contributed by atoms with Crippen LogP contribution in [0.1, 0.15) is 18.9 Å². The molecule has 4 nitrogen and oxygen atoms in total. The van der Waals surface area contributed by atoms with E-state index < -0.39 is 0 Å². The molecule has 0 spiro atoms. The molecule has 0 bridgehead atoms. The maximum absolute atomic E-state index is 13.2. The number of rotatable bonds is 5. The first kappa shape index (κ1) is 15.9. The van der Waals surface area contributed by atoms with Gasteiger partial charge in [-0.15, -0.1) is 0 Å². The SMILES string of the molecule is CCCN1C(=O)C(Nc2ccccc2)=C(c2ccc(F)cc2)C1=O. The minimum atomic E-state index is -0.390. The number of carbonyl (C=O) groups is 2. The fourth-order valence-electron chi connectivity index (χ4n) is 2.67. The molecule has 5 heteroatoms. The molecule has 0 saturated heterocycles. The molecule has 0 aliphatic carbocycles. The van der Waals surface area contributed by atoms with Gasteiger partial charge in [0.05, 0.1) is 5.57 Å². The van der Waals surface area contributed by atoms with E-state index in [-0.39, 0.29) is 28.9 Å². The number of nitrogens with one attached hydrogen (secondary N) is 1. The third-order valence-corrected chi connectivity index (χ3v) is 3.79. The highest BCUT2D eigenvalue weighted by Gasteiger charge is 2.38. The maximum Gasteiger partial charge on any atom is 0.278 e. The Kier molecular flexibility index (Phi) is 4.42. The van der Waals surface area contributed by atoms with E-state index in [1.54, 1.807) is 0 Å². The second-order valence-electron chi connectivity index (χ2n) is 5.51. The lowest BCUT2D eigenvalue weighted by Gasteiger charge is -2.13. The lowest BCUT2D eigenvalue weighted by Crippen LogP contribution is -2.33. The fraction of sp³-hybridized carbons (Fsp3) is 0.158. The van der Waals surface area contributed by atoms with Gasteiger partial charge in [-0.1, -0.05) is 37.3 Å². The van der Waals surface area contributed by atoms with Crippen LogP contribution in [0.3, 0.4) is 0 Å². The zero-order valence-corrected chi connectivity index (χ0v) is 13.3. The number of hydrogen-bond acceptors (Lipinski definition) is 3. The van der Waals surface area contributed by atoms with Crippen molar-refractivity contribution in [2.24, 2.45) is 0 Å². The third-order valence-electron chi connectivity index (χ3n) is 3.79.